The monoisotopic (exact) mass is 235 g/mol. The van der Waals surface area contributed by atoms with Crippen molar-refractivity contribution in [2.45, 2.75) is 0 Å². The Hall–Kier alpha value is -1.59. The molecule has 1 fully saturated rings. The van der Waals surface area contributed by atoms with Gasteiger partial charge in [-0.15, -0.1) is 0 Å². The van der Waals surface area contributed by atoms with Gasteiger partial charge >= 0.3 is 0 Å². The van der Waals surface area contributed by atoms with E-state index in [0.29, 0.717) is 31.7 Å². The number of benzene rings is 1. The number of carbonyl (C=O) groups is 1. The molecule has 5 heteroatoms. The average Bonchev–Trinajstić information content (AvgIpc) is 2.39. The number of nitrogens with one attached hydrogen (secondary N) is 1. The van der Waals surface area contributed by atoms with Gasteiger partial charge in [-0.05, 0) is 24.3 Å². The quantitative estimate of drug-likeness (QED) is 0.799. The summed E-state index contributed by atoms with van der Waals surface area (Å²) < 4.78 is 0. The van der Waals surface area contributed by atoms with Crippen LogP contribution in [0.5, 0.6) is 0 Å². The highest BCUT2D eigenvalue weighted by atomic mass is 16.5. The van der Waals surface area contributed by atoms with E-state index in [-0.39, 0.29) is 5.91 Å². The van der Waals surface area contributed by atoms with Crippen LogP contribution in [0.1, 0.15) is 10.4 Å². The molecule has 1 heterocycles. The molecule has 1 aromatic carbocycles. The van der Waals surface area contributed by atoms with Crippen molar-refractivity contribution < 1.29 is 10.0 Å². The van der Waals surface area contributed by atoms with Crippen LogP contribution in [-0.2, 0) is 0 Å². The molecule has 2 rings (SSSR count). The summed E-state index contributed by atoms with van der Waals surface area (Å²) in [6.45, 7) is 2.17. The molecule has 1 aliphatic heterocycles. The van der Waals surface area contributed by atoms with Gasteiger partial charge in [-0.25, -0.2) is 0 Å². The predicted octanol–water partition coefficient (Wildman–Crippen LogP) is 0.875. The maximum Gasteiger partial charge on any atom is 0.253 e. The lowest BCUT2D eigenvalue weighted by Gasteiger charge is -2.31. The molecular formula is C12H17N3O2. The second-order valence-corrected chi connectivity index (χ2v) is 4.07. The molecule has 5 nitrogen and oxygen atoms in total. The van der Waals surface area contributed by atoms with Crippen molar-refractivity contribution in [1.29, 1.82) is 0 Å². The number of rotatable bonds is 2. The molecule has 92 valence electrons. The van der Waals surface area contributed by atoms with E-state index in [1.165, 1.54) is 5.06 Å². The molecular weight excluding hydrogens is 218 g/mol. The normalized spacial score (nSPS) is 16.9. The van der Waals surface area contributed by atoms with Crippen molar-refractivity contribution in [2.24, 2.45) is 0 Å². The smallest absolute Gasteiger partial charge is 0.253 e. The van der Waals surface area contributed by atoms with Crippen LogP contribution < -0.4 is 5.32 Å². The molecule has 0 spiro atoms. The minimum absolute atomic E-state index is 0.0285. The van der Waals surface area contributed by atoms with Crippen molar-refractivity contribution >= 4 is 11.6 Å². The molecule has 0 saturated carbocycles. The zero-order valence-corrected chi connectivity index (χ0v) is 9.89. The summed E-state index contributed by atoms with van der Waals surface area (Å²) in [6, 6.07) is 7.41. The molecule has 1 aromatic rings. The van der Waals surface area contributed by atoms with Crippen LogP contribution in [0.25, 0.3) is 0 Å². The standard InChI is InChI=1S/C12H17N3O2/c1-13-11-4-2-10(3-5-11)12(16)14-6-8-15(17)9-7-14/h2-5,13,17H,6-9H2,1H3. The number of anilines is 1. The van der Waals surface area contributed by atoms with E-state index in [9.17, 15) is 10.0 Å². The number of carbonyl (C=O) groups excluding carboxylic acids is 1. The first kappa shape index (κ1) is 11.9. The second kappa shape index (κ2) is 5.16. The molecule has 0 aromatic heterocycles. The molecule has 0 aliphatic carbocycles. The minimum atomic E-state index is 0.0285. The topological polar surface area (TPSA) is 55.8 Å². The summed E-state index contributed by atoms with van der Waals surface area (Å²) in [7, 11) is 1.84. The lowest BCUT2D eigenvalue weighted by molar-refractivity contribution is -0.112. The highest BCUT2D eigenvalue weighted by Crippen LogP contribution is 2.12. The van der Waals surface area contributed by atoms with Gasteiger partial charge in [0.1, 0.15) is 0 Å². The van der Waals surface area contributed by atoms with E-state index in [1.807, 2.05) is 31.3 Å². The van der Waals surface area contributed by atoms with Crippen molar-refractivity contribution in [3.63, 3.8) is 0 Å². The summed E-state index contributed by atoms with van der Waals surface area (Å²) in [5, 5.41) is 13.5. The van der Waals surface area contributed by atoms with Crippen molar-refractivity contribution in [3.05, 3.63) is 29.8 Å². The highest BCUT2D eigenvalue weighted by Gasteiger charge is 2.20. The third kappa shape index (κ3) is 2.75. The van der Waals surface area contributed by atoms with Gasteiger partial charge in [0.15, 0.2) is 0 Å². The first-order chi connectivity index (χ1) is 8.20. The van der Waals surface area contributed by atoms with Gasteiger partial charge in [0.25, 0.3) is 5.91 Å². The molecule has 1 aliphatic rings. The van der Waals surface area contributed by atoms with E-state index >= 15 is 0 Å². The van der Waals surface area contributed by atoms with Gasteiger partial charge in [0, 0.05) is 44.5 Å². The SMILES string of the molecule is CNc1ccc(C(=O)N2CCN(O)CC2)cc1. The van der Waals surface area contributed by atoms with Crippen LogP contribution in [0.2, 0.25) is 0 Å². The number of hydrogen-bond acceptors (Lipinski definition) is 4. The maximum absolute atomic E-state index is 12.1. The van der Waals surface area contributed by atoms with Gasteiger partial charge in [-0.2, -0.15) is 5.06 Å². The number of nitrogens with zero attached hydrogens (tertiary/aromatic N) is 2. The van der Waals surface area contributed by atoms with Crippen LogP contribution in [0.4, 0.5) is 5.69 Å². The fourth-order valence-corrected chi connectivity index (χ4v) is 1.86. The zero-order valence-electron chi connectivity index (χ0n) is 9.89. The Balaban J connectivity index is 2.03. The van der Waals surface area contributed by atoms with Crippen LogP contribution in [0, 0.1) is 0 Å². The third-order valence-corrected chi connectivity index (χ3v) is 2.96. The van der Waals surface area contributed by atoms with Gasteiger partial charge in [-0.3, -0.25) is 4.79 Å². The zero-order chi connectivity index (χ0) is 12.3. The summed E-state index contributed by atoms with van der Waals surface area (Å²) in [6.07, 6.45) is 0. The van der Waals surface area contributed by atoms with Crippen LogP contribution in [0.3, 0.4) is 0 Å². The molecule has 17 heavy (non-hydrogen) atoms. The predicted molar refractivity (Wildman–Crippen MR) is 65.3 cm³/mol. The Morgan fingerprint density at radius 1 is 1.18 bits per heavy atom. The number of hydroxylamine groups is 2. The Bertz CT molecular complexity index is 383. The van der Waals surface area contributed by atoms with E-state index in [2.05, 4.69) is 5.32 Å². The molecule has 0 atom stereocenters. The number of amides is 1. The average molecular weight is 235 g/mol. The van der Waals surface area contributed by atoms with Crippen molar-refractivity contribution in [1.82, 2.24) is 9.96 Å². The van der Waals surface area contributed by atoms with Crippen LogP contribution >= 0.6 is 0 Å². The first-order valence-corrected chi connectivity index (χ1v) is 5.71. The molecule has 0 radical (unpaired) electrons. The lowest BCUT2D eigenvalue weighted by atomic mass is 10.1. The number of hydrogen-bond donors (Lipinski definition) is 2. The summed E-state index contributed by atoms with van der Waals surface area (Å²) >= 11 is 0. The summed E-state index contributed by atoms with van der Waals surface area (Å²) in [5.41, 5.74) is 1.68. The van der Waals surface area contributed by atoms with E-state index in [1.54, 1.807) is 4.90 Å². The largest absolute Gasteiger partial charge is 0.388 e. The van der Waals surface area contributed by atoms with Gasteiger partial charge < -0.3 is 15.4 Å². The van der Waals surface area contributed by atoms with E-state index in [4.69, 9.17) is 0 Å². The fraction of sp³-hybridized carbons (Fsp3) is 0.417. The highest BCUT2D eigenvalue weighted by molar-refractivity contribution is 5.94. The number of piperazine rings is 1. The minimum Gasteiger partial charge on any atom is -0.388 e. The summed E-state index contributed by atoms with van der Waals surface area (Å²) in [4.78, 5) is 13.9. The van der Waals surface area contributed by atoms with Crippen molar-refractivity contribution in [2.75, 3.05) is 38.5 Å². The van der Waals surface area contributed by atoms with E-state index < -0.39 is 0 Å². The van der Waals surface area contributed by atoms with Crippen LogP contribution in [0.15, 0.2) is 24.3 Å². The first-order valence-electron chi connectivity index (χ1n) is 5.71. The van der Waals surface area contributed by atoms with Gasteiger partial charge in [0.05, 0.1) is 0 Å². The Morgan fingerprint density at radius 3 is 2.29 bits per heavy atom. The van der Waals surface area contributed by atoms with Gasteiger partial charge in [-0.1, -0.05) is 0 Å². The Kier molecular flexibility index (Phi) is 3.61. The maximum atomic E-state index is 12.1. The van der Waals surface area contributed by atoms with E-state index in [0.717, 1.165) is 5.69 Å². The molecule has 1 saturated heterocycles. The molecule has 0 unspecified atom stereocenters. The lowest BCUT2D eigenvalue weighted by Crippen LogP contribution is -2.47. The summed E-state index contributed by atoms with van der Waals surface area (Å²) in [5.74, 6) is 0.0285. The molecule has 2 N–H and O–H groups in total. The third-order valence-electron chi connectivity index (χ3n) is 2.96. The Labute approximate surface area is 101 Å². The van der Waals surface area contributed by atoms with Crippen LogP contribution in [-0.4, -0.2) is 54.3 Å². The molecule has 0 bridgehead atoms. The van der Waals surface area contributed by atoms with Crippen molar-refractivity contribution in [3.8, 4) is 0 Å². The van der Waals surface area contributed by atoms with Gasteiger partial charge in [0.2, 0.25) is 0 Å². The molecule has 1 amide bonds. The second-order valence-electron chi connectivity index (χ2n) is 4.07. The fourth-order valence-electron chi connectivity index (χ4n) is 1.86. The Morgan fingerprint density at radius 2 is 1.76 bits per heavy atom.